The van der Waals surface area contributed by atoms with Crippen molar-refractivity contribution in [1.29, 1.82) is 0 Å². The van der Waals surface area contributed by atoms with Gasteiger partial charge in [-0.1, -0.05) is 66.7 Å². The van der Waals surface area contributed by atoms with Crippen LogP contribution in [0.1, 0.15) is 48.2 Å². The molecule has 0 saturated heterocycles. The second kappa shape index (κ2) is 7.31. The van der Waals surface area contributed by atoms with E-state index in [0.29, 0.717) is 11.7 Å². The number of phenolic OH excluding ortho intramolecular Hbond substituents is 1. The molecule has 0 bridgehead atoms. The second-order valence-corrected chi connectivity index (χ2v) is 8.46. The highest BCUT2D eigenvalue weighted by molar-refractivity contribution is 6.07. The van der Waals surface area contributed by atoms with Gasteiger partial charge in [-0.25, -0.2) is 5.01 Å². The van der Waals surface area contributed by atoms with Crippen LogP contribution in [0.4, 0.5) is 0 Å². The molecule has 0 unspecified atom stereocenters. The highest BCUT2D eigenvalue weighted by atomic mass is 16.5. The van der Waals surface area contributed by atoms with Gasteiger partial charge in [0.05, 0.1) is 11.8 Å². The van der Waals surface area contributed by atoms with E-state index in [1.165, 1.54) is 11.1 Å². The molecular weight excluding hydrogens is 384 g/mol. The van der Waals surface area contributed by atoms with E-state index in [0.717, 1.165) is 41.9 Å². The van der Waals surface area contributed by atoms with Crippen LogP contribution in [-0.2, 0) is 0 Å². The van der Waals surface area contributed by atoms with Crippen LogP contribution in [0, 0.1) is 5.92 Å². The molecule has 6 rings (SSSR count). The molecule has 1 fully saturated rings. The zero-order valence-electron chi connectivity index (χ0n) is 17.2. The minimum absolute atomic E-state index is 0.165. The summed E-state index contributed by atoms with van der Waals surface area (Å²) in [5, 5.41) is 17.6. The lowest BCUT2D eigenvalue weighted by molar-refractivity contribution is -0.0293. The molecular formula is C27H24N2O2. The van der Waals surface area contributed by atoms with Crippen LogP contribution in [0.25, 0.3) is 6.08 Å². The number of aromatic hydroxyl groups is 1. The van der Waals surface area contributed by atoms with E-state index in [1.54, 1.807) is 6.07 Å². The van der Waals surface area contributed by atoms with Crippen LogP contribution in [0.2, 0.25) is 0 Å². The van der Waals surface area contributed by atoms with E-state index >= 15 is 0 Å². The molecule has 1 saturated carbocycles. The lowest BCUT2D eigenvalue weighted by atomic mass is 9.77. The second-order valence-electron chi connectivity index (χ2n) is 8.46. The maximum absolute atomic E-state index is 10.3. The van der Waals surface area contributed by atoms with E-state index in [2.05, 4.69) is 41.4 Å². The summed E-state index contributed by atoms with van der Waals surface area (Å²) in [6.45, 7) is 0. The molecule has 1 N–H and O–H groups in total. The molecule has 31 heavy (non-hydrogen) atoms. The maximum Gasteiger partial charge on any atom is 0.213 e. The molecule has 2 heterocycles. The summed E-state index contributed by atoms with van der Waals surface area (Å²) in [4.78, 5) is 0. The molecule has 0 radical (unpaired) electrons. The van der Waals surface area contributed by atoms with Crippen LogP contribution < -0.4 is 4.74 Å². The molecule has 154 valence electrons. The van der Waals surface area contributed by atoms with E-state index in [9.17, 15) is 5.11 Å². The number of hydrazone groups is 1. The smallest absolute Gasteiger partial charge is 0.213 e. The van der Waals surface area contributed by atoms with Crippen molar-refractivity contribution in [1.82, 2.24) is 5.01 Å². The first kappa shape index (κ1) is 18.3. The first-order valence-electron chi connectivity index (χ1n) is 11.0. The normalized spacial score (nSPS) is 25.3. The predicted molar refractivity (Wildman–Crippen MR) is 122 cm³/mol. The minimum atomic E-state index is -0.245. The van der Waals surface area contributed by atoms with Gasteiger partial charge in [-0.05, 0) is 43.0 Å². The van der Waals surface area contributed by atoms with Gasteiger partial charge in [0.1, 0.15) is 11.5 Å². The molecule has 4 heteroatoms. The Labute approximate surface area is 182 Å². The first-order valence-corrected chi connectivity index (χ1v) is 11.0. The number of fused-ring (bicyclic) bond motifs is 5. The van der Waals surface area contributed by atoms with Crippen LogP contribution in [0.3, 0.4) is 0 Å². The zero-order valence-corrected chi connectivity index (χ0v) is 17.2. The summed E-state index contributed by atoms with van der Waals surface area (Å²) >= 11 is 0. The SMILES string of the molecule is Oc1ccccc1/C=C1\CCC[C@@H]2C1=NN1[C@@H](c3ccccc3)Oc3ccccc3[C@H]21. The Morgan fingerprint density at radius 2 is 1.71 bits per heavy atom. The lowest BCUT2D eigenvalue weighted by Gasteiger charge is -2.40. The quantitative estimate of drug-likeness (QED) is 0.559. The zero-order chi connectivity index (χ0) is 20.8. The first-order chi connectivity index (χ1) is 15.3. The summed E-state index contributed by atoms with van der Waals surface area (Å²) < 4.78 is 6.47. The third-order valence-corrected chi connectivity index (χ3v) is 6.60. The average Bonchev–Trinajstić information content (AvgIpc) is 3.22. The number of para-hydroxylation sites is 2. The van der Waals surface area contributed by atoms with Gasteiger partial charge < -0.3 is 9.84 Å². The third-order valence-electron chi connectivity index (χ3n) is 6.60. The molecule has 3 atom stereocenters. The fraction of sp³-hybridized carbons (Fsp3) is 0.222. The summed E-state index contributed by atoms with van der Waals surface area (Å²) in [5.41, 5.74) is 5.53. The number of nitrogens with zero attached hydrogens (tertiary/aromatic N) is 2. The summed E-state index contributed by atoms with van der Waals surface area (Å²) in [6, 6.07) is 26.4. The molecule has 3 aromatic carbocycles. The fourth-order valence-corrected chi connectivity index (χ4v) is 5.18. The molecule has 0 aromatic heterocycles. The maximum atomic E-state index is 10.3. The Bertz CT molecular complexity index is 1180. The van der Waals surface area contributed by atoms with Gasteiger partial charge in [0.2, 0.25) is 6.23 Å². The molecule has 0 amide bonds. The number of allylic oxidation sites excluding steroid dienone is 1. The van der Waals surface area contributed by atoms with E-state index in [4.69, 9.17) is 9.84 Å². The van der Waals surface area contributed by atoms with Gasteiger partial charge in [-0.3, -0.25) is 0 Å². The third kappa shape index (κ3) is 3.02. The highest BCUT2D eigenvalue weighted by Gasteiger charge is 2.48. The minimum Gasteiger partial charge on any atom is -0.507 e. The molecule has 2 aliphatic heterocycles. The van der Waals surface area contributed by atoms with Crippen molar-refractivity contribution in [3.05, 3.63) is 101 Å². The van der Waals surface area contributed by atoms with Crippen molar-refractivity contribution in [2.75, 3.05) is 0 Å². The average molecular weight is 409 g/mol. The Morgan fingerprint density at radius 1 is 0.935 bits per heavy atom. The van der Waals surface area contributed by atoms with Gasteiger partial charge in [-0.15, -0.1) is 0 Å². The van der Waals surface area contributed by atoms with Crippen molar-refractivity contribution >= 4 is 11.8 Å². The molecule has 0 spiro atoms. The Kier molecular flexibility index (Phi) is 4.30. The van der Waals surface area contributed by atoms with E-state index in [-0.39, 0.29) is 12.3 Å². The number of ether oxygens (including phenoxy) is 1. The van der Waals surface area contributed by atoms with E-state index < -0.39 is 0 Å². The number of hydrogen-bond donors (Lipinski definition) is 1. The van der Waals surface area contributed by atoms with Crippen LogP contribution in [0.5, 0.6) is 11.5 Å². The summed E-state index contributed by atoms with van der Waals surface area (Å²) in [7, 11) is 0. The van der Waals surface area contributed by atoms with Crippen molar-refractivity contribution in [2.45, 2.75) is 31.5 Å². The largest absolute Gasteiger partial charge is 0.507 e. The van der Waals surface area contributed by atoms with Crippen molar-refractivity contribution in [3.8, 4) is 11.5 Å². The topological polar surface area (TPSA) is 45.1 Å². The predicted octanol–water partition coefficient (Wildman–Crippen LogP) is 6.08. The van der Waals surface area contributed by atoms with Crippen LogP contribution >= 0.6 is 0 Å². The van der Waals surface area contributed by atoms with Gasteiger partial charge in [0.15, 0.2) is 0 Å². The van der Waals surface area contributed by atoms with Gasteiger partial charge >= 0.3 is 0 Å². The Morgan fingerprint density at radius 3 is 2.58 bits per heavy atom. The number of rotatable bonds is 2. The molecule has 4 nitrogen and oxygen atoms in total. The van der Waals surface area contributed by atoms with Crippen LogP contribution in [-0.4, -0.2) is 15.8 Å². The van der Waals surface area contributed by atoms with E-state index in [1.807, 2.05) is 42.5 Å². The van der Waals surface area contributed by atoms with Gasteiger partial charge in [0.25, 0.3) is 0 Å². The Balaban J connectivity index is 1.47. The van der Waals surface area contributed by atoms with Crippen molar-refractivity contribution < 1.29 is 9.84 Å². The fourth-order valence-electron chi connectivity index (χ4n) is 5.18. The number of benzene rings is 3. The van der Waals surface area contributed by atoms with Gasteiger partial charge in [-0.2, -0.15) is 5.10 Å². The number of hydrogen-bond acceptors (Lipinski definition) is 4. The molecule has 3 aliphatic rings. The van der Waals surface area contributed by atoms with Gasteiger partial charge in [0, 0.05) is 22.6 Å². The number of phenols is 1. The standard InChI is InChI=1S/C27H24N2O2/c30-23-15-6-4-11-19(23)17-20-12-8-14-22-25(20)28-29-26(22)21-13-5-7-16-24(21)31-27(29)18-9-2-1-3-10-18/h1-7,9-11,13,15-17,22,26-27,30H,8,12,14H2/b20-17+/t22-,26-,27-/m1/s1. The molecule has 1 aliphatic carbocycles. The van der Waals surface area contributed by atoms with Crippen LogP contribution in [0.15, 0.2) is 89.5 Å². The monoisotopic (exact) mass is 408 g/mol. The molecule has 3 aromatic rings. The van der Waals surface area contributed by atoms with Crippen molar-refractivity contribution in [2.24, 2.45) is 11.0 Å². The van der Waals surface area contributed by atoms with Crippen molar-refractivity contribution in [3.63, 3.8) is 0 Å². The highest BCUT2D eigenvalue weighted by Crippen LogP contribution is 2.52. The summed E-state index contributed by atoms with van der Waals surface area (Å²) in [5.74, 6) is 1.58. The summed E-state index contributed by atoms with van der Waals surface area (Å²) in [6.07, 6.45) is 5.07. The Hall–Kier alpha value is -3.53. The lowest BCUT2D eigenvalue weighted by Crippen LogP contribution is -2.36.